The third kappa shape index (κ3) is 4.02. The van der Waals surface area contributed by atoms with Crippen molar-refractivity contribution in [2.45, 2.75) is 39.8 Å². The van der Waals surface area contributed by atoms with Crippen molar-refractivity contribution >= 4 is 5.91 Å². The van der Waals surface area contributed by atoms with E-state index < -0.39 is 5.60 Å². The van der Waals surface area contributed by atoms with E-state index >= 15 is 0 Å². The van der Waals surface area contributed by atoms with Crippen molar-refractivity contribution in [3.63, 3.8) is 0 Å². The Balaban J connectivity index is 2.49. The van der Waals surface area contributed by atoms with E-state index in [2.05, 4.69) is 10.4 Å². The number of carbonyl (C=O) groups is 1. The number of nitrogens with zero attached hydrogens (tertiary/aromatic N) is 2. The van der Waals surface area contributed by atoms with Gasteiger partial charge in [-0.05, 0) is 33.8 Å². The van der Waals surface area contributed by atoms with Gasteiger partial charge in [-0.3, -0.25) is 9.48 Å². The highest BCUT2D eigenvalue weighted by Crippen LogP contribution is 2.01. The Labute approximate surface area is 95.5 Å². The zero-order valence-electron chi connectivity index (χ0n) is 10.2. The molecule has 0 radical (unpaired) electrons. The topological polar surface area (TPSA) is 67.2 Å². The highest BCUT2D eigenvalue weighted by Gasteiger charge is 2.14. The molecule has 5 nitrogen and oxygen atoms in total. The molecular formula is C11H19N3O2. The van der Waals surface area contributed by atoms with Gasteiger partial charge in [0.2, 0.25) is 5.91 Å². The maximum Gasteiger partial charge on any atom is 0.241 e. The molecule has 0 aromatic carbocycles. The van der Waals surface area contributed by atoms with Crippen LogP contribution in [0.25, 0.3) is 0 Å². The highest BCUT2D eigenvalue weighted by molar-refractivity contribution is 5.75. The first-order valence-electron chi connectivity index (χ1n) is 5.28. The van der Waals surface area contributed by atoms with Crippen LogP contribution in [-0.4, -0.2) is 32.9 Å². The minimum Gasteiger partial charge on any atom is -0.389 e. The third-order valence-electron chi connectivity index (χ3n) is 2.11. The number of hydrogen-bond acceptors (Lipinski definition) is 3. The van der Waals surface area contributed by atoms with Gasteiger partial charge in [-0.25, -0.2) is 0 Å². The maximum absolute atomic E-state index is 11.5. The first-order chi connectivity index (χ1) is 7.28. The summed E-state index contributed by atoms with van der Waals surface area (Å²) in [6.07, 6.45) is 0. The van der Waals surface area contributed by atoms with Gasteiger partial charge in [-0.15, -0.1) is 0 Å². The fourth-order valence-corrected chi connectivity index (χ4v) is 1.34. The van der Waals surface area contributed by atoms with Gasteiger partial charge in [-0.2, -0.15) is 5.10 Å². The van der Waals surface area contributed by atoms with Gasteiger partial charge in [0.1, 0.15) is 6.54 Å². The minimum atomic E-state index is -0.884. The monoisotopic (exact) mass is 225 g/mol. The summed E-state index contributed by atoms with van der Waals surface area (Å²) >= 11 is 0. The lowest BCUT2D eigenvalue weighted by molar-refractivity contribution is -0.122. The second-order valence-corrected chi connectivity index (χ2v) is 4.67. The van der Waals surface area contributed by atoms with Crippen LogP contribution in [0.15, 0.2) is 6.07 Å². The van der Waals surface area contributed by atoms with Crippen molar-refractivity contribution in [3.8, 4) is 0 Å². The second-order valence-electron chi connectivity index (χ2n) is 4.67. The molecule has 0 unspecified atom stereocenters. The molecule has 1 amide bonds. The molecule has 5 heteroatoms. The number of hydrogen-bond donors (Lipinski definition) is 2. The number of aromatic nitrogens is 2. The second kappa shape index (κ2) is 4.65. The van der Waals surface area contributed by atoms with Crippen LogP contribution in [0.4, 0.5) is 0 Å². The van der Waals surface area contributed by atoms with E-state index in [-0.39, 0.29) is 19.0 Å². The maximum atomic E-state index is 11.5. The van der Waals surface area contributed by atoms with Gasteiger partial charge in [0, 0.05) is 12.2 Å². The zero-order valence-corrected chi connectivity index (χ0v) is 10.2. The van der Waals surface area contributed by atoms with Crippen molar-refractivity contribution in [3.05, 3.63) is 17.5 Å². The Hall–Kier alpha value is -1.36. The predicted octanol–water partition coefficient (Wildman–Crippen LogP) is 0.387. The highest BCUT2D eigenvalue weighted by atomic mass is 16.3. The first-order valence-corrected chi connectivity index (χ1v) is 5.28. The largest absolute Gasteiger partial charge is 0.389 e. The fraction of sp³-hybridized carbons (Fsp3) is 0.636. The van der Waals surface area contributed by atoms with Gasteiger partial charge >= 0.3 is 0 Å². The van der Waals surface area contributed by atoms with Gasteiger partial charge < -0.3 is 10.4 Å². The Bertz CT molecular complexity index is 377. The smallest absolute Gasteiger partial charge is 0.241 e. The van der Waals surface area contributed by atoms with E-state index in [0.29, 0.717) is 0 Å². The standard InChI is InChI=1S/C11H19N3O2/c1-8-5-9(2)14(13-8)6-10(15)12-7-11(3,4)16/h5,16H,6-7H2,1-4H3,(H,12,15). The van der Waals surface area contributed by atoms with E-state index in [9.17, 15) is 9.90 Å². The summed E-state index contributed by atoms with van der Waals surface area (Å²) in [7, 11) is 0. The van der Waals surface area contributed by atoms with E-state index in [1.54, 1.807) is 18.5 Å². The quantitative estimate of drug-likeness (QED) is 0.779. The number of nitrogens with one attached hydrogen (secondary N) is 1. The number of carbonyl (C=O) groups excluding carboxylic acids is 1. The lowest BCUT2D eigenvalue weighted by atomic mass is 10.1. The zero-order chi connectivity index (χ0) is 12.3. The van der Waals surface area contributed by atoms with Crippen molar-refractivity contribution in [2.24, 2.45) is 0 Å². The van der Waals surface area contributed by atoms with Crippen molar-refractivity contribution in [1.29, 1.82) is 0 Å². The third-order valence-corrected chi connectivity index (χ3v) is 2.11. The van der Waals surface area contributed by atoms with Crippen LogP contribution in [0.5, 0.6) is 0 Å². The van der Waals surface area contributed by atoms with Crippen molar-refractivity contribution in [2.75, 3.05) is 6.54 Å². The molecule has 0 spiro atoms. The van der Waals surface area contributed by atoms with Gasteiger partial charge in [0.15, 0.2) is 0 Å². The van der Waals surface area contributed by atoms with E-state index in [0.717, 1.165) is 11.4 Å². The minimum absolute atomic E-state index is 0.145. The number of aryl methyl sites for hydroxylation is 2. The lowest BCUT2D eigenvalue weighted by Crippen LogP contribution is -2.39. The molecule has 0 atom stereocenters. The first kappa shape index (κ1) is 12.7. The van der Waals surface area contributed by atoms with Crippen LogP contribution in [0.2, 0.25) is 0 Å². The molecule has 1 rings (SSSR count). The molecule has 1 aromatic rings. The molecule has 2 N–H and O–H groups in total. The van der Waals surface area contributed by atoms with E-state index in [1.807, 2.05) is 19.9 Å². The number of aliphatic hydroxyl groups is 1. The number of rotatable bonds is 4. The molecule has 0 aliphatic carbocycles. The average molecular weight is 225 g/mol. The molecule has 0 saturated carbocycles. The molecule has 90 valence electrons. The van der Waals surface area contributed by atoms with Gasteiger partial charge in [0.25, 0.3) is 0 Å². The Morgan fingerprint density at radius 1 is 1.56 bits per heavy atom. The normalized spacial score (nSPS) is 11.6. The molecule has 0 bridgehead atoms. The van der Waals surface area contributed by atoms with E-state index in [1.165, 1.54) is 0 Å². The Morgan fingerprint density at radius 2 is 2.19 bits per heavy atom. The van der Waals surface area contributed by atoms with Gasteiger partial charge in [-0.1, -0.05) is 0 Å². The Morgan fingerprint density at radius 3 is 2.62 bits per heavy atom. The van der Waals surface area contributed by atoms with Crippen LogP contribution in [0.3, 0.4) is 0 Å². The summed E-state index contributed by atoms with van der Waals surface area (Å²) in [5, 5.41) is 16.3. The molecular weight excluding hydrogens is 206 g/mol. The predicted molar refractivity (Wildman–Crippen MR) is 61.0 cm³/mol. The van der Waals surface area contributed by atoms with Crippen LogP contribution in [0, 0.1) is 13.8 Å². The Kier molecular flexibility index (Phi) is 3.70. The van der Waals surface area contributed by atoms with Gasteiger partial charge in [0.05, 0.1) is 11.3 Å². The summed E-state index contributed by atoms with van der Waals surface area (Å²) in [5.74, 6) is -0.145. The molecule has 16 heavy (non-hydrogen) atoms. The molecule has 0 aliphatic heterocycles. The van der Waals surface area contributed by atoms with E-state index in [4.69, 9.17) is 0 Å². The van der Waals surface area contributed by atoms with Crippen LogP contribution >= 0.6 is 0 Å². The summed E-state index contributed by atoms with van der Waals surface area (Å²) in [6, 6.07) is 1.92. The fourth-order valence-electron chi connectivity index (χ4n) is 1.34. The molecule has 0 saturated heterocycles. The summed E-state index contributed by atoms with van der Waals surface area (Å²) in [4.78, 5) is 11.5. The van der Waals surface area contributed by atoms with Crippen LogP contribution in [-0.2, 0) is 11.3 Å². The van der Waals surface area contributed by atoms with Crippen LogP contribution < -0.4 is 5.32 Å². The molecule has 1 aromatic heterocycles. The summed E-state index contributed by atoms with van der Waals surface area (Å²) in [5.41, 5.74) is 0.966. The summed E-state index contributed by atoms with van der Waals surface area (Å²) < 4.78 is 1.65. The molecule has 1 heterocycles. The number of amides is 1. The average Bonchev–Trinajstić information content (AvgIpc) is 2.41. The molecule has 0 aliphatic rings. The lowest BCUT2D eigenvalue weighted by Gasteiger charge is -2.17. The SMILES string of the molecule is Cc1cc(C)n(CC(=O)NCC(C)(C)O)n1. The van der Waals surface area contributed by atoms with Crippen LogP contribution in [0.1, 0.15) is 25.2 Å². The molecule has 0 fully saturated rings. The van der Waals surface area contributed by atoms with Crippen molar-refractivity contribution < 1.29 is 9.90 Å². The summed E-state index contributed by atoms with van der Waals surface area (Å²) in [6.45, 7) is 7.52. The van der Waals surface area contributed by atoms with Crippen molar-refractivity contribution in [1.82, 2.24) is 15.1 Å².